The largest absolute Gasteiger partial charge is 0.276 e. The number of hydrogen-bond donors (Lipinski definition) is 0. The van der Waals surface area contributed by atoms with Crippen LogP contribution in [0.3, 0.4) is 0 Å². The number of carbonyl (C=O) groups excluding carboxylic acids is 1. The first-order valence-electron chi connectivity index (χ1n) is 5.39. The molecule has 1 nitrogen and oxygen atoms in total. The van der Waals surface area contributed by atoms with Gasteiger partial charge >= 0.3 is 0 Å². The summed E-state index contributed by atoms with van der Waals surface area (Å²) < 4.78 is 0. The number of hydrogen-bond acceptors (Lipinski definition) is 1. The summed E-state index contributed by atoms with van der Waals surface area (Å²) in [5, 5.41) is 0.0868. The highest BCUT2D eigenvalue weighted by Crippen LogP contribution is 2.20. The normalized spacial score (nSPS) is 10.8. The summed E-state index contributed by atoms with van der Waals surface area (Å²) in [5.41, 5.74) is 2.21. The van der Waals surface area contributed by atoms with Gasteiger partial charge in [-0.1, -0.05) is 54.1 Å². The summed E-state index contributed by atoms with van der Waals surface area (Å²) in [6.45, 7) is 0. The Hall–Kier alpha value is -1.57. The monoisotopic (exact) mass is 276 g/mol. The van der Waals surface area contributed by atoms with Gasteiger partial charge in [0.2, 0.25) is 0 Å². The second kappa shape index (κ2) is 5.85. The lowest BCUT2D eigenvalue weighted by molar-refractivity contribution is 0.108. The third-order valence-corrected chi connectivity index (χ3v) is 2.92. The van der Waals surface area contributed by atoms with Crippen LogP contribution < -0.4 is 0 Å². The van der Waals surface area contributed by atoms with Crippen molar-refractivity contribution >= 4 is 40.6 Å². The van der Waals surface area contributed by atoms with Crippen LogP contribution >= 0.6 is 23.2 Å². The molecule has 0 aliphatic carbocycles. The van der Waals surface area contributed by atoms with Crippen molar-refractivity contribution in [3.63, 3.8) is 0 Å². The minimum atomic E-state index is -0.487. The van der Waals surface area contributed by atoms with Gasteiger partial charge in [0.25, 0.3) is 5.24 Å². The van der Waals surface area contributed by atoms with E-state index in [0.29, 0.717) is 16.1 Å². The molecule has 0 aliphatic rings. The lowest BCUT2D eigenvalue weighted by Crippen LogP contribution is -1.92. The summed E-state index contributed by atoms with van der Waals surface area (Å²) in [7, 11) is 0. The molecule has 0 heterocycles. The average Bonchev–Trinajstić information content (AvgIpc) is 2.37. The summed E-state index contributed by atoms with van der Waals surface area (Å²) in [5.74, 6) is 0. The maximum Gasteiger partial charge on any atom is 0.252 e. The van der Waals surface area contributed by atoms with Crippen LogP contribution in [0.1, 0.15) is 21.5 Å². The van der Waals surface area contributed by atoms with E-state index in [0.717, 1.165) is 5.56 Å². The van der Waals surface area contributed by atoms with Crippen molar-refractivity contribution in [2.75, 3.05) is 0 Å². The van der Waals surface area contributed by atoms with Crippen LogP contribution in [-0.2, 0) is 0 Å². The van der Waals surface area contributed by atoms with Gasteiger partial charge in [0, 0.05) is 10.6 Å². The maximum atomic E-state index is 11.3. The third kappa shape index (κ3) is 3.22. The topological polar surface area (TPSA) is 17.1 Å². The maximum absolute atomic E-state index is 11.3. The van der Waals surface area contributed by atoms with Gasteiger partial charge in [0.05, 0.1) is 0 Å². The second-order valence-electron chi connectivity index (χ2n) is 3.75. The Morgan fingerprint density at radius 1 is 1.00 bits per heavy atom. The van der Waals surface area contributed by atoms with Gasteiger partial charge in [-0.05, 0) is 40.9 Å². The molecule has 3 heteroatoms. The Morgan fingerprint density at radius 2 is 1.72 bits per heavy atom. The molecule has 0 spiro atoms. The molecule has 0 atom stereocenters. The van der Waals surface area contributed by atoms with Crippen molar-refractivity contribution in [1.29, 1.82) is 0 Å². The van der Waals surface area contributed by atoms with Crippen LogP contribution in [0.25, 0.3) is 12.2 Å². The predicted molar refractivity (Wildman–Crippen MR) is 77.0 cm³/mol. The van der Waals surface area contributed by atoms with E-state index in [9.17, 15) is 4.79 Å². The van der Waals surface area contributed by atoms with E-state index in [1.54, 1.807) is 18.2 Å². The van der Waals surface area contributed by atoms with Crippen LogP contribution in [0.2, 0.25) is 5.02 Å². The molecule has 2 aromatic rings. The molecule has 0 saturated heterocycles. The zero-order chi connectivity index (χ0) is 13.0. The Kier molecular flexibility index (Phi) is 4.19. The molecule has 0 aromatic heterocycles. The van der Waals surface area contributed by atoms with Gasteiger partial charge in [-0.3, -0.25) is 4.79 Å². The van der Waals surface area contributed by atoms with Gasteiger partial charge in [-0.2, -0.15) is 0 Å². The molecular weight excluding hydrogens is 267 g/mol. The van der Waals surface area contributed by atoms with E-state index in [-0.39, 0.29) is 0 Å². The molecule has 0 aliphatic heterocycles. The molecule has 0 N–H and O–H groups in total. The first-order chi connectivity index (χ1) is 8.66. The van der Waals surface area contributed by atoms with Crippen molar-refractivity contribution < 1.29 is 4.79 Å². The second-order valence-corrected chi connectivity index (χ2v) is 4.53. The smallest absolute Gasteiger partial charge is 0.252 e. The number of benzene rings is 2. The van der Waals surface area contributed by atoms with Crippen molar-refractivity contribution in [3.8, 4) is 0 Å². The summed E-state index contributed by atoms with van der Waals surface area (Å²) in [6.07, 6.45) is 3.74. The zero-order valence-electron chi connectivity index (χ0n) is 9.44. The van der Waals surface area contributed by atoms with Crippen LogP contribution in [-0.4, -0.2) is 5.24 Å². The van der Waals surface area contributed by atoms with Crippen LogP contribution in [0.5, 0.6) is 0 Å². The Labute approximate surface area is 116 Å². The van der Waals surface area contributed by atoms with Crippen molar-refractivity contribution in [2.24, 2.45) is 0 Å². The van der Waals surface area contributed by atoms with E-state index in [4.69, 9.17) is 23.2 Å². The Bertz CT molecular complexity index is 589. The molecule has 2 rings (SSSR count). The third-order valence-electron chi connectivity index (χ3n) is 2.48. The van der Waals surface area contributed by atoms with E-state index in [1.807, 2.05) is 42.5 Å². The molecule has 90 valence electrons. The lowest BCUT2D eigenvalue weighted by Gasteiger charge is -2.01. The van der Waals surface area contributed by atoms with Gasteiger partial charge in [0.1, 0.15) is 0 Å². The Balaban J connectivity index is 2.36. The van der Waals surface area contributed by atoms with Crippen molar-refractivity contribution in [2.45, 2.75) is 0 Å². The number of carbonyl (C=O) groups is 1. The fourth-order valence-corrected chi connectivity index (χ4v) is 1.95. The first-order valence-corrected chi connectivity index (χ1v) is 6.15. The first kappa shape index (κ1) is 12.9. The fourth-order valence-electron chi connectivity index (χ4n) is 1.60. The SMILES string of the molecule is O=C(Cl)c1ccc(Cl)cc1/C=C/c1ccccc1. The number of halogens is 2. The summed E-state index contributed by atoms with van der Waals surface area (Å²) in [6, 6.07) is 14.8. The van der Waals surface area contributed by atoms with E-state index in [2.05, 4.69) is 0 Å². The quantitative estimate of drug-likeness (QED) is 0.576. The van der Waals surface area contributed by atoms with Gasteiger partial charge in [0.15, 0.2) is 0 Å². The van der Waals surface area contributed by atoms with E-state index in [1.165, 1.54) is 0 Å². The molecular formula is C15H10Cl2O. The molecule has 0 radical (unpaired) electrons. The highest BCUT2D eigenvalue weighted by Gasteiger charge is 2.06. The highest BCUT2D eigenvalue weighted by atomic mass is 35.5. The van der Waals surface area contributed by atoms with Crippen LogP contribution in [0.4, 0.5) is 0 Å². The molecule has 0 fully saturated rings. The molecule has 0 saturated carbocycles. The molecule has 0 bridgehead atoms. The molecule has 0 unspecified atom stereocenters. The van der Waals surface area contributed by atoms with E-state index >= 15 is 0 Å². The molecule has 18 heavy (non-hydrogen) atoms. The Morgan fingerprint density at radius 3 is 2.39 bits per heavy atom. The minimum Gasteiger partial charge on any atom is -0.276 e. The summed E-state index contributed by atoms with van der Waals surface area (Å²) >= 11 is 11.4. The predicted octanol–water partition coefficient (Wildman–Crippen LogP) is 4.89. The summed E-state index contributed by atoms with van der Waals surface area (Å²) in [4.78, 5) is 11.3. The van der Waals surface area contributed by atoms with Gasteiger partial charge in [-0.25, -0.2) is 0 Å². The van der Waals surface area contributed by atoms with Crippen LogP contribution in [0, 0.1) is 0 Å². The zero-order valence-corrected chi connectivity index (χ0v) is 10.9. The van der Waals surface area contributed by atoms with E-state index < -0.39 is 5.24 Å². The van der Waals surface area contributed by atoms with Crippen LogP contribution in [0.15, 0.2) is 48.5 Å². The average molecular weight is 277 g/mol. The fraction of sp³-hybridized carbons (Fsp3) is 0. The van der Waals surface area contributed by atoms with Gasteiger partial charge < -0.3 is 0 Å². The highest BCUT2D eigenvalue weighted by molar-refractivity contribution is 6.68. The van der Waals surface area contributed by atoms with Crippen molar-refractivity contribution in [3.05, 3.63) is 70.2 Å². The van der Waals surface area contributed by atoms with Crippen molar-refractivity contribution in [1.82, 2.24) is 0 Å². The molecule has 0 amide bonds. The standard InChI is InChI=1S/C15H10Cl2O/c16-13-8-9-14(15(17)18)12(10-13)7-6-11-4-2-1-3-5-11/h1-10H/b7-6+. The number of rotatable bonds is 3. The molecule has 2 aromatic carbocycles. The van der Waals surface area contributed by atoms with Gasteiger partial charge in [-0.15, -0.1) is 0 Å². The lowest BCUT2D eigenvalue weighted by atomic mass is 10.1. The minimum absolute atomic E-state index is 0.452.